The molecule has 0 saturated heterocycles. The van der Waals surface area contributed by atoms with Crippen LogP contribution in [0.15, 0.2) is 78.9 Å². The normalized spacial score (nSPS) is 13.3. The highest BCUT2D eigenvalue weighted by Gasteiger charge is 2.36. The minimum Gasteiger partial charge on any atom is -0.457 e. The molecule has 3 aromatic rings. The summed E-state index contributed by atoms with van der Waals surface area (Å²) in [5.41, 5.74) is 0.497. The Morgan fingerprint density at radius 1 is 0.893 bits per heavy atom. The summed E-state index contributed by atoms with van der Waals surface area (Å²) >= 11 is 5.90. The van der Waals surface area contributed by atoms with E-state index in [9.17, 15) is 8.78 Å². The minimum absolute atomic E-state index is 0.385. The van der Waals surface area contributed by atoms with Crippen molar-refractivity contribution in [2.45, 2.75) is 38.0 Å². The number of ether oxygens (including phenoxy) is 1. The largest absolute Gasteiger partial charge is 0.457 e. The number of alkyl halides is 2. The summed E-state index contributed by atoms with van der Waals surface area (Å²) in [5, 5.41) is 0.551. The monoisotopic (exact) mass is 400 g/mol. The van der Waals surface area contributed by atoms with Crippen molar-refractivity contribution in [1.82, 2.24) is 0 Å². The summed E-state index contributed by atoms with van der Waals surface area (Å²) in [6, 6.07) is 24.1. The van der Waals surface area contributed by atoms with Gasteiger partial charge in [0.25, 0.3) is 0 Å². The Morgan fingerprint density at radius 2 is 1.57 bits per heavy atom. The van der Waals surface area contributed by atoms with Crippen LogP contribution in [-0.2, 0) is 11.8 Å². The molecule has 1 unspecified atom stereocenters. The first-order chi connectivity index (χ1) is 13.5. The first-order valence-corrected chi connectivity index (χ1v) is 9.71. The lowest BCUT2D eigenvalue weighted by atomic mass is 9.78. The van der Waals surface area contributed by atoms with Gasteiger partial charge in [0.2, 0.25) is 6.43 Å². The molecule has 0 aliphatic carbocycles. The number of rotatable bonds is 8. The molecule has 0 amide bonds. The molecule has 4 heteroatoms. The third kappa shape index (κ3) is 5.11. The molecule has 0 aliphatic rings. The van der Waals surface area contributed by atoms with Gasteiger partial charge in [0.1, 0.15) is 11.5 Å². The SMILES string of the molecule is CC(CCCc1cccc(Oc2ccccc2)c1)(c1ccc(Cl)cc1)C(F)F. The van der Waals surface area contributed by atoms with Crippen LogP contribution in [0.3, 0.4) is 0 Å². The van der Waals surface area contributed by atoms with Gasteiger partial charge in [-0.05, 0) is 66.8 Å². The van der Waals surface area contributed by atoms with E-state index in [0.29, 0.717) is 29.8 Å². The molecule has 0 spiro atoms. The van der Waals surface area contributed by atoms with Crippen molar-refractivity contribution < 1.29 is 13.5 Å². The zero-order valence-electron chi connectivity index (χ0n) is 15.7. The van der Waals surface area contributed by atoms with Gasteiger partial charge < -0.3 is 4.74 Å². The van der Waals surface area contributed by atoms with Gasteiger partial charge in [-0.25, -0.2) is 8.78 Å². The molecule has 1 nitrogen and oxygen atoms in total. The Morgan fingerprint density at radius 3 is 2.25 bits per heavy atom. The van der Waals surface area contributed by atoms with Crippen LogP contribution in [-0.4, -0.2) is 6.43 Å². The molecule has 3 aromatic carbocycles. The van der Waals surface area contributed by atoms with Gasteiger partial charge in [-0.15, -0.1) is 0 Å². The van der Waals surface area contributed by atoms with Gasteiger partial charge in [0.15, 0.2) is 0 Å². The van der Waals surface area contributed by atoms with Gasteiger partial charge in [-0.2, -0.15) is 0 Å². The maximum atomic E-state index is 13.8. The molecule has 146 valence electrons. The fourth-order valence-corrected chi connectivity index (χ4v) is 3.38. The summed E-state index contributed by atoms with van der Waals surface area (Å²) in [5.74, 6) is 1.52. The molecule has 0 aromatic heterocycles. The second-order valence-electron chi connectivity index (χ2n) is 7.14. The number of halogens is 3. The number of aryl methyl sites for hydroxylation is 1. The zero-order valence-corrected chi connectivity index (χ0v) is 16.5. The second kappa shape index (κ2) is 9.20. The van der Waals surface area contributed by atoms with E-state index in [1.807, 2.05) is 54.6 Å². The van der Waals surface area contributed by atoms with E-state index in [2.05, 4.69) is 0 Å². The fraction of sp³-hybridized carbons (Fsp3) is 0.250. The van der Waals surface area contributed by atoms with E-state index in [4.69, 9.17) is 16.3 Å². The maximum Gasteiger partial charge on any atom is 0.247 e. The fourth-order valence-electron chi connectivity index (χ4n) is 3.26. The predicted octanol–water partition coefficient (Wildman–Crippen LogP) is 7.68. The lowest BCUT2D eigenvalue weighted by Gasteiger charge is -2.29. The summed E-state index contributed by atoms with van der Waals surface area (Å²) in [6.07, 6.45) is -0.697. The van der Waals surface area contributed by atoms with Crippen molar-refractivity contribution in [2.24, 2.45) is 0 Å². The highest BCUT2D eigenvalue weighted by Crippen LogP contribution is 2.36. The van der Waals surface area contributed by atoms with E-state index in [-0.39, 0.29) is 0 Å². The lowest BCUT2D eigenvalue weighted by molar-refractivity contribution is 0.0527. The Labute approximate surface area is 169 Å². The molecule has 0 fully saturated rings. The van der Waals surface area contributed by atoms with Crippen molar-refractivity contribution in [1.29, 1.82) is 0 Å². The molecule has 0 saturated carbocycles. The topological polar surface area (TPSA) is 9.23 Å². The Bertz CT molecular complexity index is 881. The summed E-state index contributed by atoms with van der Waals surface area (Å²) in [7, 11) is 0. The molecule has 0 heterocycles. The third-order valence-corrected chi connectivity index (χ3v) is 5.28. The highest BCUT2D eigenvalue weighted by atomic mass is 35.5. The first-order valence-electron chi connectivity index (χ1n) is 9.33. The van der Waals surface area contributed by atoms with E-state index < -0.39 is 11.8 Å². The van der Waals surface area contributed by atoms with Crippen LogP contribution in [0, 0.1) is 0 Å². The molecule has 0 radical (unpaired) electrons. The van der Waals surface area contributed by atoms with Crippen LogP contribution in [0.1, 0.15) is 30.9 Å². The van der Waals surface area contributed by atoms with Gasteiger partial charge in [0, 0.05) is 5.02 Å². The van der Waals surface area contributed by atoms with Crippen molar-refractivity contribution in [3.8, 4) is 11.5 Å². The summed E-state index contributed by atoms with van der Waals surface area (Å²) in [4.78, 5) is 0. The quantitative estimate of drug-likeness (QED) is 0.376. The first kappa shape index (κ1) is 20.3. The van der Waals surface area contributed by atoms with E-state index in [0.717, 1.165) is 17.1 Å². The number of para-hydroxylation sites is 1. The smallest absolute Gasteiger partial charge is 0.247 e. The second-order valence-corrected chi connectivity index (χ2v) is 7.58. The van der Waals surface area contributed by atoms with E-state index in [1.165, 1.54) is 0 Å². The Hall–Kier alpha value is -2.39. The van der Waals surface area contributed by atoms with Gasteiger partial charge in [-0.1, -0.05) is 61.0 Å². The zero-order chi connectivity index (χ0) is 20.0. The molecule has 1 atom stereocenters. The number of benzene rings is 3. The van der Waals surface area contributed by atoms with Crippen LogP contribution in [0.25, 0.3) is 0 Å². The Kier molecular flexibility index (Phi) is 6.69. The van der Waals surface area contributed by atoms with Crippen LogP contribution in [0.2, 0.25) is 5.02 Å². The van der Waals surface area contributed by atoms with Gasteiger partial charge >= 0.3 is 0 Å². The third-order valence-electron chi connectivity index (χ3n) is 5.02. The highest BCUT2D eigenvalue weighted by molar-refractivity contribution is 6.30. The van der Waals surface area contributed by atoms with Gasteiger partial charge in [-0.3, -0.25) is 0 Å². The van der Waals surface area contributed by atoms with Gasteiger partial charge in [0.05, 0.1) is 5.41 Å². The van der Waals surface area contributed by atoms with Crippen LogP contribution in [0.5, 0.6) is 11.5 Å². The molecular formula is C24H23ClF2O. The van der Waals surface area contributed by atoms with Crippen LogP contribution in [0.4, 0.5) is 8.78 Å². The molecule has 0 aliphatic heterocycles. The summed E-state index contributed by atoms with van der Waals surface area (Å²) in [6.45, 7) is 1.62. The van der Waals surface area contributed by atoms with Crippen molar-refractivity contribution in [3.05, 3.63) is 95.0 Å². The van der Waals surface area contributed by atoms with Crippen molar-refractivity contribution in [3.63, 3.8) is 0 Å². The van der Waals surface area contributed by atoms with Crippen LogP contribution >= 0.6 is 11.6 Å². The molecule has 0 N–H and O–H groups in total. The minimum atomic E-state index is -2.44. The van der Waals surface area contributed by atoms with E-state index in [1.54, 1.807) is 31.2 Å². The molecule has 0 bridgehead atoms. The average Bonchev–Trinajstić information content (AvgIpc) is 2.69. The summed E-state index contributed by atoms with van der Waals surface area (Å²) < 4.78 is 33.6. The maximum absolute atomic E-state index is 13.8. The predicted molar refractivity (Wildman–Crippen MR) is 111 cm³/mol. The average molecular weight is 401 g/mol. The molecule has 3 rings (SSSR count). The van der Waals surface area contributed by atoms with Crippen molar-refractivity contribution >= 4 is 11.6 Å². The Balaban J connectivity index is 1.64. The molecule has 28 heavy (non-hydrogen) atoms. The van der Waals surface area contributed by atoms with Crippen LogP contribution < -0.4 is 4.74 Å². The van der Waals surface area contributed by atoms with E-state index >= 15 is 0 Å². The number of hydrogen-bond acceptors (Lipinski definition) is 1. The molecular weight excluding hydrogens is 378 g/mol. The van der Waals surface area contributed by atoms with Crippen molar-refractivity contribution in [2.75, 3.05) is 0 Å². The lowest BCUT2D eigenvalue weighted by Crippen LogP contribution is -2.31. The number of hydrogen-bond donors (Lipinski definition) is 0. The standard InChI is InChI=1S/C24H23ClF2O/c1-24(23(26)27,19-12-14-20(25)15-13-19)16-6-8-18-7-5-11-22(17-18)28-21-9-3-2-4-10-21/h2-5,7,9-15,17,23H,6,8,16H2,1H3.